The number of likely N-dealkylation sites (N-methyl/N-ethyl adjacent to an activating group) is 1. The number of hydrogen-bond acceptors (Lipinski definition) is 13. The summed E-state index contributed by atoms with van der Waals surface area (Å²) in [4.78, 5) is 93.9. The minimum absolute atomic E-state index is 0.0870. The van der Waals surface area contributed by atoms with Crippen LogP contribution in [-0.4, -0.2) is 119 Å². The van der Waals surface area contributed by atoms with Gasteiger partial charge in [0.25, 0.3) is 23.3 Å². The number of amides is 5. The molecule has 0 saturated carbocycles. The number of carbonyl (C=O) groups excluding carboxylic acids is 5. The van der Waals surface area contributed by atoms with Crippen LogP contribution in [0.25, 0.3) is 10.9 Å². The molecule has 0 bridgehead atoms. The number of anilines is 4. The third-order valence-corrected chi connectivity index (χ3v) is 13.6. The van der Waals surface area contributed by atoms with Gasteiger partial charge in [-0.1, -0.05) is 17.7 Å². The fraction of sp³-hybridized carbons (Fsp3) is 0.467. The number of likely N-dealkylation sites (tertiary alicyclic amines) is 1. The summed E-state index contributed by atoms with van der Waals surface area (Å²) in [5.74, 6) is -0.567. The normalized spacial score (nSPS) is 20.3. The number of nitrogens with zero attached hydrogens (tertiary/aromatic N) is 7. The standard InChI is InChI=1S/C45H51ClN10O7/c1-26(2)55-32-8-7-29(19-28(32)20-35(42(55)61)63-23-37(58)47-3)49-39-31(46)21-48-44(51-39)53-15-11-27(12-16-53)22-52-17-13-45(14-18-52)24-54(25-45)33-6-4-5-30-38(33)43(62)56(41(30)60)34-9-10-36(57)50-40(34)59/h4-8,19-21,26-27,34H,9-18,22-25H2,1-3H3,(H,47,58)(H,48,49,51)(H,50,57,59). The molecule has 1 unspecified atom stereocenters. The van der Waals surface area contributed by atoms with E-state index in [4.69, 9.17) is 21.3 Å². The number of hydrogen-bond donors (Lipinski definition) is 3. The van der Waals surface area contributed by atoms with E-state index in [1.54, 1.807) is 29.0 Å². The molecule has 2 aromatic heterocycles. The Bertz CT molecular complexity index is 2570. The second-order valence-corrected chi connectivity index (χ2v) is 18.1. The van der Waals surface area contributed by atoms with Gasteiger partial charge in [0, 0.05) is 68.7 Å². The second-order valence-electron chi connectivity index (χ2n) is 17.7. The topological polar surface area (TPSA) is 191 Å². The summed E-state index contributed by atoms with van der Waals surface area (Å²) < 4.78 is 7.27. The van der Waals surface area contributed by atoms with Crippen LogP contribution in [0.2, 0.25) is 5.02 Å². The van der Waals surface area contributed by atoms with Gasteiger partial charge in [-0.25, -0.2) is 4.98 Å². The first-order valence-electron chi connectivity index (χ1n) is 21.7. The largest absolute Gasteiger partial charge is 0.478 e. The molecule has 9 rings (SSSR count). The summed E-state index contributed by atoms with van der Waals surface area (Å²) in [6.45, 7) is 9.89. The van der Waals surface area contributed by atoms with Crippen LogP contribution in [0.1, 0.15) is 79.1 Å². The van der Waals surface area contributed by atoms with Crippen LogP contribution in [0.4, 0.5) is 23.1 Å². The highest BCUT2D eigenvalue weighted by Gasteiger charge is 2.50. The summed E-state index contributed by atoms with van der Waals surface area (Å²) in [6, 6.07) is 11.5. The molecule has 330 valence electrons. The monoisotopic (exact) mass is 878 g/mol. The van der Waals surface area contributed by atoms with Gasteiger partial charge in [0.15, 0.2) is 18.2 Å². The molecule has 4 fully saturated rings. The van der Waals surface area contributed by atoms with Crippen molar-refractivity contribution < 1.29 is 28.7 Å². The Hall–Kier alpha value is -6.07. The molecule has 4 aromatic rings. The Labute approximate surface area is 369 Å². The van der Waals surface area contributed by atoms with E-state index >= 15 is 0 Å². The Morgan fingerprint density at radius 2 is 1.73 bits per heavy atom. The lowest BCUT2D eigenvalue weighted by Crippen LogP contribution is -2.61. The number of benzene rings is 2. The molecule has 63 heavy (non-hydrogen) atoms. The molecular weight excluding hydrogens is 828 g/mol. The number of rotatable bonds is 11. The number of fused-ring (bicyclic) bond motifs is 2. The number of imide groups is 2. The van der Waals surface area contributed by atoms with Crippen molar-refractivity contribution in [1.82, 2.24) is 35.0 Å². The van der Waals surface area contributed by atoms with Gasteiger partial charge in [-0.2, -0.15) is 4.98 Å². The lowest BCUT2D eigenvalue weighted by atomic mass is 9.71. The summed E-state index contributed by atoms with van der Waals surface area (Å²) >= 11 is 6.61. The lowest BCUT2D eigenvalue weighted by Gasteiger charge is -2.55. The van der Waals surface area contributed by atoms with Crippen molar-refractivity contribution in [3.63, 3.8) is 0 Å². The van der Waals surface area contributed by atoms with Crippen LogP contribution in [0.5, 0.6) is 5.75 Å². The van der Waals surface area contributed by atoms with Crippen molar-refractivity contribution >= 4 is 75.2 Å². The summed E-state index contributed by atoms with van der Waals surface area (Å²) in [7, 11) is 1.51. The molecule has 17 nitrogen and oxygen atoms in total. The first-order valence-corrected chi connectivity index (χ1v) is 22.1. The van der Waals surface area contributed by atoms with Crippen molar-refractivity contribution in [2.45, 2.75) is 64.5 Å². The molecule has 3 N–H and O–H groups in total. The van der Waals surface area contributed by atoms with Gasteiger partial charge in [-0.05, 0) is 101 Å². The van der Waals surface area contributed by atoms with Crippen LogP contribution in [-0.2, 0) is 14.4 Å². The van der Waals surface area contributed by atoms with Crippen LogP contribution < -0.4 is 36.0 Å². The number of nitrogens with one attached hydrogen (secondary N) is 3. The summed E-state index contributed by atoms with van der Waals surface area (Å²) in [5, 5.41) is 9.24. The number of piperidine rings is 3. The molecule has 1 atom stereocenters. The Morgan fingerprint density at radius 3 is 2.44 bits per heavy atom. The molecule has 0 radical (unpaired) electrons. The zero-order chi connectivity index (χ0) is 44.2. The SMILES string of the molecule is CNC(=O)COc1cc2cc(Nc3nc(N4CCC(CN5CCC6(CC5)CN(c5cccc7c5C(=O)N(C5CCC(=O)NC5=O)C7=O)C6)CC4)ncc3Cl)ccc2n(C(C)C)c1=O. The number of pyridine rings is 1. The van der Waals surface area contributed by atoms with Gasteiger partial charge < -0.3 is 34.6 Å². The molecule has 4 saturated heterocycles. The molecule has 18 heteroatoms. The molecule has 7 heterocycles. The number of ether oxygens (including phenoxy) is 1. The quantitative estimate of drug-likeness (QED) is 0.183. The first-order chi connectivity index (χ1) is 30.3. The van der Waals surface area contributed by atoms with E-state index in [-0.39, 0.29) is 48.1 Å². The van der Waals surface area contributed by atoms with Gasteiger partial charge >= 0.3 is 0 Å². The average Bonchev–Trinajstić information content (AvgIpc) is 3.51. The fourth-order valence-electron chi connectivity index (χ4n) is 9.87. The van der Waals surface area contributed by atoms with Crippen molar-refractivity contribution in [1.29, 1.82) is 0 Å². The highest BCUT2D eigenvalue weighted by atomic mass is 35.5. The van der Waals surface area contributed by atoms with Crippen molar-refractivity contribution in [3.8, 4) is 5.75 Å². The zero-order valence-corrected chi connectivity index (χ0v) is 36.4. The fourth-order valence-corrected chi connectivity index (χ4v) is 10.0. The van der Waals surface area contributed by atoms with Crippen molar-refractivity contribution in [2.24, 2.45) is 11.3 Å². The Kier molecular flexibility index (Phi) is 11.3. The van der Waals surface area contributed by atoms with Crippen molar-refractivity contribution in [3.05, 3.63) is 75.2 Å². The lowest BCUT2D eigenvalue weighted by molar-refractivity contribution is -0.136. The van der Waals surface area contributed by atoms with E-state index < -0.39 is 29.7 Å². The number of halogens is 1. The highest BCUT2D eigenvalue weighted by molar-refractivity contribution is 6.33. The predicted octanol–water partition coefficient (Wildman–Crippen LogP) is 4.11. The molecular formula is C45H51ClN10O7. The van der Waals surface area contributed by atoms with E-state index in [0.717, 1.165) is 93.0 Å². The van der Waals surface area contributed by atoms with Crippen LogP contribution >= 0.6 is 11.6 Å². The molecule has 1 spiro atoms. The maximum absolute atomic E-state index is 13.7. The highest BCUT2D eigenvalue weighted by Crippen LogP contribution is 2.45. The molecule has 5 aliphatic rings. The van der Waals surface area contributed by atoms with E-state index in [1.165, 1.54) is 7.05 Å². The maximum Gasteiger partial charge on any atom is 0.293 e. The third-order valence-electron chi connectivity index (χ3n) is 13.3. The Morgan fingerprint density at radius 1 is 0.968 bits per heavy atom. The van der Waals surface area contributed by atoms with Crippen LogP contribution in [0.15, 0.2) is 53.5 Å². The second kappa shape index (κ2) is 16.9. The third kappa shape index (κ3) is 8.08. The first kappa shape index (κ1) is 42.2. The molecule has 0 aliphatic carbocycles. The summed E-state index contributed by atoms with van der Waals surface area (Å²) in [6.07, 6.45) is 5.97. The van der Waals surface area contributed by atoms with Gasteiger partial charge in [-0.15, -0.1) is 0 Å². The number of aromatic nitrogens is 3. The average molecular weight is 879 g/mol. The van der Waals surface area contributed by atoms with Crippen molar-refractivity contribution in [2.75, 3.05) is 74.6 Å². The predicted molar refractivity (Wildman–Crippen MR) is 237 cm³/mol. The van der Waals surface area contributed by atoms with E-state index in [2.05, 4.69) is 35.6 Å². The van der Waals surface area contributed by atoms with Gasteiger partial charge in [-0.3, -0.25) is 39.0 Å². The van der Waals surface area contributed by atoms with Crippen LogP contribution in [0.3, 0.4) is 0 Å². The van der Waals surface area contributed by atoms with Gasteiger partial charge in [0.1, 0.15) is 11.1 Å². The number of carbonyl (C=O) groups is 5. The van der Waals surface area contributed by atoms with Gasteiger partial charge in [0.2, 0.25) is 17.8 Å². The Balaban J connectivity index is 0.778. The minimum atomic E-state index is -0.984. The van der Waals surface area contributed by atoms with Gasteiger partial charge in [0.05, 0.1) is 28.5 Å². The molecule has 5 aliphatic heterocycles. The molecule has 5 amide bonds. The zero-order valence-electron chi connectivity index (χ0n) is 35.6. The minimum Gasteiger partial charge on any atom is -0.478 e. The van der Waals surface area contributed by atoms with E-state index in [1.807, 2.05) is 38.1 Å². The summed E-state index contributed by atoms with van der Waals surface area (Å²) in [5.41, 5.74) is 2.70. The molecule has 2 aromatic carbocycles. The maximum atomic E-state index is 13.7. The smallest absolute Gasteiger partial charge is 0.293 e. The van der Waals surface area contributed by atoms with E-state index in [9.17, 15) is 28.8 Å². The van der Waals surface area contributed by atoms with E-state index in [0.29, 0.717) is 39.5 Å². The van der Waals surface area contributed by atoms with Crippen LogP contribution in [0, 0.1) is 11.3 Å².